The average molecular weight is 324 g/mol. The molecule has 0 aromatic heterocycles. The molecule has 0 N–H and O–H groups in total. The molecule has 0 aromatic carbocycles. The third-order valence-corrected chi connectivity index (χ3v) is 7.62. The fraction of sp³-hybridized carbons (Fsp3) is 0.360. The van der Waals surface area contributed by atoms with Crippen LogP contribution in [0.3, 0.4) is 0 Å². The summed E-state index contributed by atoms with van der Waals surface area (Å²) in [6, 6.07) is 0. The standard InChI is InChI=1S/C25H24/c1-16-14-25(22-11-5-4-8-19(16)22)15-18-13-17-7-2-3-9-20(17)21-10-6-12-23(25)24(18)21/h2-10,13,17,20,22-23H,1,11-12,14-15H2. The third-order valence-electron chi connectivity index (χ3n) is 7.62. The van der Waals surface area contributed by atoms with Crippen molar-refractivity contribution >= 4 is 0 Å². The normalized spacial score (nSPS) is 42.5. The molecule has 0 heteroatoms. The Morgan fingerprint density at radius 3 is 2.80 bits per heavy atom. The van der Waals surface area contributed by atoms with E-state index in [1.807, 2.05) is 0 Å². The van der Waals surface area contributed by atoms with Crippen molar-refractivity contribution in [2.24, 2.45) is 29.1 Å². The van der Waals surface area contributed by atoms with Gasteiger partial charge in [0.1, 0.15) is 0 Å². The second-order valence-corrected chi connectivity index (χ2v) is 8.65. The maximum atomic E-state index is 4.47. The van der Waals surface area contributed by atoms with Crippen LogP contribution in [-0.4, -0.2) is 0 Å². The number of rotatable bonds is 0. The van der Waals surface area contributed by atoms with Crippen molar-refractivity contribution in [2.45, 2.75) is 25.7 Å². The van der Waals surface area contributed by atoms with Gasteiger partial charge in [-0.3, -0.25) is 0 Å². The van der Waals surface area contributed by atoms with E-state index in [0.29, 0.717) is 29.1 Å². The van der Waals surface area contributed by atoms with E-state index in [1.165, 1.54) is 31.3 Å². The Hall–Kier alpha value is -2.08. The Morgan fingerprint density at radius 2 is 1.84 bits per heavy atom. The predicted molar refractivity (Wildman–Crippen MR) is 104 cm³/mol. The fourth-order valence-electron chi connectivity index (χ4n) is 6.72. The van der Waals surface area contributed by atoms with Gasteiger partial charge in [0, 0.05) is 11.8 Å². The van der Waals surface area contributed by atoms with Crippen molar-refractivity contribution in [2.75, 3.05) is 0 Å². The highest BCUT2D eigenvalue weighted by molar-refractivity contribution is 5.59. The summed E-state index contributed by atoms with van der Waals surface area (Å²) in [5, 5.41) is 0. The second-order valence-electron chi connectivity index (χ2n) is 8.65. The molecule has 6 aliphatic rings. The van der Waals surface area contributed by atoms with E-state index in [0.717, 1.165) is 0 Å². The van der Waals surface area contributed by atoms with E-state index in [9.17, 15) is 0 Å². The molecule has 0 amide bonds. The molecular weight excluding hydrogens is 300 g/mol. The first-order valence-electron chi connectivity index (χ1n) is 9.79. The molecule has 0 heterocycles. The molecule has 0 bridgehead atoms. The first kappa shape index (κ1) is 14.1. The number of allylic oxidation sites excluding steroid dienone is 15. The van der Waals surface area contributed by atoms with Crippen molar-refractivity contribution in [3.8, 4) is 0 Å². The van der Waals surface area contributed by atoms with Crippen molar-refractivity contribution in [3.05, 3.63) is 95.2 Å². The third kappa shape index (κ3) is 1.68. The number of hydrogen-bond acceptors (Lipinski definition) is 0. The lowest BCUT2D eigenvalue weighted by atomic mass is 9.64. The molecule has 0 aliphatic heterocycles. The van der Waals surface area contributed by atoms with E-state index in [2.05, 4.69) is 67.3 Å². The zero-order valence-electron chi connectivity index (χ0n) is 14.6. The van der Waals surface area contributed by atoms with Gasteiger partial charge in [-0.05, 0) is 65.2 Å². The lowest BCUT2D eigenvalue weighted by Crippen LogP contribution is -2.32. The Bertz CT molecular complexity index is 894. The lowest BCUT2D eigenvalue weighted by Gasteiger charge is -2.39. The molecule has 0 radical (unpaired) electrons. The Labute approximate surface area is 150 Å². The van der Waals surface area contributed by atoms with Crippen LogP contribution in [-0.2, 0) is 0 Å². The largest absolute Gasteiger partial charge is 0.0955 e. The smallest absolute Gasteiger partial charge is 0.0122 e. The van der Waals surface area contributed by atoms with Gasteiger partial charge in [0.15, 0.2) is 0 Å². The minimum absolute atomic E-state index is 0.381. The highest BCUT2D eigenvalue weighted by atomic mass is 14.6. The Morgan fingerprint density at radius 1 is 0.960 bits per heavy atom. The molecule has 5 unspecified atom stereocenters. The predicted octanol–water partition coefficient (Wildman–Crippen LogP) is 6.01. The summed E-state index contributed by atoms with van der Waals surface area (Å²) in [5.74, 6) is 2.49. The van der Waals surface area contributed by atoms with Gasteiger partial charge in [0.05, 0.1) is 0 Å². The molecule has 25 heavy (non-hydrogen) atoms. The SMILES string of the molecule is C=C1CC2(CC3=CC4C=CC=CC4C4=C3C2CC=C4)C2CC=CC=C12. The molecule has 6 aliphatic carbocycles. The average Bonchev–Trinajstić information content (AvgIpc) is 3.12. The molecule has 124 valence electrons. The highest BCUT2D eigenvalue weighted by Gasteiger charge is 2.58. The zero-order valence-corrected chi connectivity index (χ0v) is 14.6. The fourth-order valence-corrected chi connectivity index (χ4v) is 6.72. The van der Waals surface area contributed by atoms with E-state index in [4.69, 9.17) is 0 Å². The van der Waals surface area contributed by atoms with Crippen LogP contribution >= 0.6 is 0 Å². The number of hydrogen-bond donors (Lipinski definition) is 0. The first-order chi connectivity index (χ1) is 12.3. The van der Waals surface area contributed by atoms with Gasteiger partial charge < -0.3 is 0 Å². The topological polar surface area (TPSA) is 0 Å². The molecule has 0 saturated heterocycles. The van der Waals surface area contributed by atoms with Crippen LogP contribution in [0.15, 0.2) is 95.2 Å². The van der Waals surface area contributed by atoms with Crippen LogP contribution in [0.5, 0.6) is 0 Å². The minimum atomic E-state index is 0.381. The maximum Gasteiger partial charge on any atom is 0.0122 e. The van der Waals surface area contributed by atoms with Crippen molar-refractivity contribution in [1.82, 2.24) is 0 Å². The van der Waals surface area contributed by atoms with Gasteiger partial charge >= 0.3 is 0 Å². The monoisotopic (exact) mass is 324 g/mol. The van der Waals surface area contributed by atoms with Gasteiger partial charge in [-0.15, -0.1) is 0 Å². The van der Waals surface area contributed by atoms with Gasteiger partial charge in [-0.1, -0.05) is 72.9 Å². The summed E-state index contributed by atoms with van der Waals surface area (Å²) >= 11 is 0. The molecule has 5 atom stereocenters. The second kappa shape index (κ2) is 4.75. The quantitative estimate of drug-likeness (QED) is 0.512. The molecular formula is C25H24. The zero-order chi connectivity index (χ0) is 16.6. The van der Waals surface area contributed by atoms with E-state index in [-0.39, 0.29) is 0 Å². The first-order valence-corrected chi connectivity index (χ1v) is 9.79. The van der Waals surface area contributed by atoms with Gasteiger partial charge in [0.25, 0.3) is 0 Å². The van der Waals surface area contributed by atoms with Crippen LogP contribution in [0.4, 0.5) is 0 Å². The van der Waals surface area contributed by atoms with Gasteiger partial charge in [-0.2, -0.15) is 0 Å². The van der Waals surface area contributed by atoms with Crippen LogP contribution in [0.1, 0.15) is 25.7 Å². The van der Waals surface area contributed by atoms with Crippen LogP contribution < -0.4 is 0 Å². The van der Waals surface area contributed by atoms with Crippen LogP contribution in [0.25, 0.3) is 0 Å². The van der Waals surface area contributed by atoms with Gasteiger partial charge in [0.2, 0.25) is 0 Å². The minimum Gasteiger partial charge on any atom is -0.0955 e. The molecule has 1 spiro atoms. The van der Waals surface area contributed by atoms with Crippen molar-refractivity contribution in [1.29, 1.82) is 0 Å². The molecule has 0 nitrogen and oxygen atoms in total. The lowest BCUT2D eigenvalue weighted by molar-refractivity contribution is 0.166. The summed E-state index contributed by atoms with van der Waals surface area (Å²) < 4.78 is 0. The molecule has 0 aromatic rings. The Kier molecular flexibility index (Phi) is 2.69. The molecule has 2 fully saturated rings. The number of fused-ring (bicyclic) bond motifs is 5. The summed E-state index contributed by atoms with van der Waals surface area (Å²) in [6.45, 7) is 4.47. The summed E-state index contributed by atoms with van der Waals surface area (Å²) in [4.78, 5) is 0. The maximum absolute atomic E-state index is 4.47. The van der Waals surface area contributed by atoms with Crippen LogP contribution in [0.2, 0.25) is 0 Å². The molecule has 2 saturated carbocycles. The van der Waals surface area contributed by atoms with Crippen molar-refractivity contribution in [3.63, 3.8) is 0 Å². The van der Waals surface area contributed by atoms with E-state index >= 15 is 0 Å². The Balaban J connectivity index is 1.53. The van der Waals surface area contributed by atoms with Gasteiger partial charge in [-0.25, -0.2) is 0 Å². The molecule has 6 rings (SSSR count). The van der Waals surface area contributed by atoms with E-state index < -0.39 is 0 Å². The summed E-state index contributed by atoms with van der Waals surface area (Å²) in [6.07, 6.45) is 28.6. The summed E-state index contributed by atoms with van der Waals surface area (Å²) in [5.41, 5.74) is 8.33. The summed E-state index contributed by atoms with van der Waals surface area (Å²) in [7, 11) is 0. The van der Waals surface area contributed by atoms with Crippen LogP contribution in [0, 0.1) is 29.1 Å². The van der Waals surface area contributed by atoms with E-state index in [1.54, 1.807) is 22.3 Å². The van der Waals surface area contributed by atoms with Crippen molar-refractivity contribution < 1.29 is 0 Å². The highest BCUT2D eigenvalue weighted by Crippen LogP contribution is 2.68.